The van der Waals surface area contributed by atoms with E-state index < -0.39 is 11.6 Å². The van der Waals surface area contributed by atoms with Crippen molar-refractivity contribution in [2.45, 2.75) is 72.6 Å². The van der Waals surface area contributed by atoms with Crippen molar-refractivity contribution in [1.29, 1.82) is 0 Å². The van der Waals surface area contributed by atoms with Crippen molar-refractivity contribution in [3.8, 4) is 22.8 Å². The summed E-state index contributed by atoms with van der Waals surface area (Å²) < 4.78 is 18.3. The molecule has 0 atom stereocenters. The first kappa shape index (κ1) is 28.8. The Morgan fingerprint density at radius 3 is 2.21 bits per heavy atom. The summed E-state index contributed by atoms with van der Waals surface area (Å²) in [5.41, 5.74) is 3.20. The van der Waals surface area contributed by atoms with Gasteiger partial charge < -0.3 is 19.5 Å². The fraction of sp³-hybridized carbons (Fsp3) is 0.433. The van der Waals surface area contributed by atoms with Crippen LogP contribution in [-0.4, -0.2) is 41.0 Å². The predicted octanol–water partition coefficient (Wildman–Crippen LogP) is 5.53. The molecule has 2 aromatic carbocycles. The minimum atomic E-state index is -1.18. The van der Waals surface area contributed by atoms with E-state index >= 15 is 0 Å². The van der Waals surface area contributed by atoms with Crippen molar-refractivity contribution in [3.63, 3.8) is 0 Å². The molecule has 0 aliphatic rings. The van der Waals surface area contributed by atoms with Gasteiger partial charge in [0.25, 0.3) is 5.91 Å². The lowest BCUT2D eigenvalue weighted by Crippen LogP contribution is -2.39. The van der Waals surface area contributed by atoms with E-state index in [2.05, 4.69) is 55.5 Å². The van der Waals surface area contributed by atoms with Gasteiger partial charge in [-0.15, -0.1) is 0 Å². The number of esters is 1. The van der Waals surface area contributed by atoms with E-state index in [-0.39, 0.29) is 24.5 Å². The van der Waals surface area contributed by atoms with Crippen LogP contribution in [-0.2, 0) is 28.0 Å². The molecule has 0 saturated carbocycles. The van der Waals surface area contributed by atoms with Crippen LogP contribution in [0, 0.1) is 0 Å². The van der Waals surface area contributed by atoms with Gasteiger partial charge in [0.1, 0.15) is 0 Å². The third-order valence-electron chi connectivity index (χ3n) is 6.17. The van der Waals surface area contributed by atoms with Crippen LogP contribution in [0.15, 0.2) is 48.5 Å². The maximum atomic E-state index is 13.0. The number of amides is 1. The first-order chi connectivity index (χ1) is 17.9. The average Bonchev–Trinajstić information content (AvgIpc) is 3.32. The first-order valence-corrected chi connectivity index (χ1v) is 12.9. The van der Waals surface area contributed by atoms with Gasteiger partial charge in [-0.05, 0) is 68.0 Å². The Kier molecular flexibility index (Phi) is 8.86. The number of benzene rings is 2. The molecule has 1 amide bonds. The van der Waals surface area contributed by atoms with Crippen molar-refractivity contribution in [2.75, 3.05) is 13.7 Å². The molecule has 0 bridgehead atoms. The molecule has 0 saturated heterocycles. The van der Waals surface area contributed by atoms with Gasteiger partial charge in [-0.25, -0.2) is 4.79 Å². The molecule has 0 fully saturated rings. The number of carbonyl (C=O) groups excluding carboxylic acids is 2. The zero-order chi connectivity index (χ0) is 28.1. The number of nitrogens with zero attached hydrogens (tertiary/aromatic N) is 2. The lowest BCUT2D eigenvalue weighted by atomic mass is 9.86. The molecule has 0 radical (unpaired) electrons. The Labute approximate surface area is 225 Å². The molecule has 3 rings (SSSR count). The summed E-state index contributed by atoms with van der Waals surface area (Å²) >= 11 is 0. The highest BCUT2D eigenvalue weighted by Gasteiger charge is 2.32. The number of ether oxygens (including phenoxy) is 3. The van der Waals surface area contributed by atoms with Crippen LogP contribution in [0.25, 0.3) is 11.3 Å². The van der Waals surface area contributed by atoms with Crippen LogP contribution in [0.5, 0.6) is 11.5 Å². The molecular formula is C30H39N3O5. The van der Waals surface area contributed by atoms with E-state index in [1.807, 2.05) is 23.7 Å². The molecule has 204 valence electrons. The molecule has 0 spiro atoms. The smallest absolute Gasteiger partial charge is 0.349 e. The third kappa shape index (κ3) is 6.73. The van der Waals surface area contributed by atoms with Crippen LogP contribution >= 0.6 is 0 Å². The van der Waals surface area contributed by atoms with Gasteiger partial charge in [0.05, 0.1) is 19.4 Å². The second kappa shape index (κ2) is 11.7. The Hall–Kier alpha value is -3.81. The molecule has 0 unspecified atom stereocenters. The highest BCUT2D eigenvalue weighted by Crippen LogP contribution is 2.32. The highest BCUT2D eigenvalue weighted by atomic mass is 16.6. The van der Waals surface area contributed by atoms with Gasteiger partial charge in [-0.2, -0.15) is 5.10 Å². The Morgan fingerprint density at radius 1 is 0.947 bits per heavy atom. The molecule has 1 N–H and O–H groups in total. The Bertz CT molecular complexity index is 1270. The largest absolute Gasteiger partial charge is 0.493 e. The first-order valence-electron chi connectivity index (χ1n) is 12.9. The number of carbonyl (C=O) groups is 2. The van der Waals surface area contributed by atoms with Gasteiger partial charge in [-0.1, -0.05) is 51.1 Å². The lowest BCUT2D eigenvalue weighted by molar-refractivity contribution is -0.158. The summed E-state index contributed by atoms with van der Waals surface area (Å²) in [6, 6.07) is 15.5. The normalized spacial score (nSPS) is 11.7. The summed E-state index contributed by atoms with van der Waals surface area (Å²) in [5, 5.41) is 7.45. The summed E-state index contributed by atoms with van der Waals surface area (Å²) in [7, 11) is 1.52. The Morgan fingerprint density at radius 2 is 1.63 bits per heavy atom. The quantitative estimate of drug-likeness (QED) is 0.353. The maximum absolute atomic E-state index is 13.0. The molecule has 3 aromatic rings. The SMILES string of the molecule is CCOC(=O)C(C)(C)Oc1ccc(CNC(=O)c2cc(-c3ccc(C(C)(C)C)cc3)n(CC)n2)cc1OC. The second-order valence-electron chi connectivity index (χ2n) is 10.6. The van der Waals surface area contributed by atoms with E-state index in [1.165, 1.54) is 12.7 Å². The van der Waals surface area contributed by atoms with Crippen LogP contribution < -0.4 is 14.8 Å². The van der Waals surface area contributed by atoms with Crippen LogP contribution in [0.1, 0.15) is 70.1 Å². The number of methoxy groups -OCH3 is 1. The minimum Gasteiger partial charge on any atom is -0.493 e. The summed E-state index contributed by atoms with van der Waals surface area (Å²) in [5.74, 6) is 0.122. The predicted molar refractivity (Wildman–Crippen MR) is 148 cm³/mol. The van der Waals surface area contributed by atoms with Gasteiger partial charge in [0.2, 0.25) is 0 Å². The molecule has 8 heteroatoms. The molecule has 1 heterocycles. The van der Waals surface area contributed by atoms with Crippen LogP contribution in [0.3, 0.4) is 0 Å². The highest BCUT2D eigenvalue weighted by molar-refractivity contribution is 5.93. The van der Waals surface area contributed by atoms with E-state index in [4.69, 9.17) is 14.2 Å². The van der Waals surface area contributed by atoms with E-state index in [0.29, 0.717) is 23.7 Å². The van der Waals surface area contributed by atoms with Crippen molar-refractivity contribution >= 4 is 11.9 Å². The summed E-state index contributed by atoms with van der Waals surface area (Å²) in [6.07, 6.45) is 0. The zero-order valence-corrected chi connectivity index (χ0v) is 23.7. The summed E-state index contributed by atoms with van der Waals surface area (Å²) in [6.45, 7) is 14.8. The molecule has 8 nitrogen and oxygen atoms in total. The maximum Gasteiger partial charge on any atom is 0.349 e. The second-order valence-corrected chi connectivity index (χ2v) is 10.6. The molecule has 1 aromatic heterocycles. The van der Waals surface area contributed by atoms with Crippen molar-refractivity contribution in [2.24, 2.45) is 0 Å². The molecule has 38 heavy (non-hydrogen) atoms. The molecule has 0 aliphatic carbocycles. The fourth-order valence-electron chi connectivity index (χ4n) is 3.94. The minimum absolute atomic E-state index is 0.0681. The van der Waals surface area contributed by atoms with E-state index in [0.717, 1.165) is 16.8 Å². The number of hydrogen-bond donors (Lipinski definition) is 1. The van der Waals surface area contributed by atoms with E-state index in [1.54, 1.807) is 32.9 Å². The summed E-state index contributed by atoms with van der Waals surface area (Å²) in [4.78, 5) is 25.2. The van der Waals surface area contributed by atoms with Crippen LogP contribution in [0.4, 0.5) is 0 Å². The van der Waals surface area contributed by atoms with Gasteiger partial charge >= 0.3 is 5.97 Å². The van der Waals surface area contributed by atoms with Crippen molar-refractivity contribution in [3.05, 3.63) is 65.4 Å². The monoisotopic (exact) mass is 521 g/mol. The zero-order valence-electron chi connectivity index (χ0n) is 23.7. The average molecular weight is 522 g/mol. The van der Waals surface area contributed by atoms with Crippen molar-refractivity contribution in [1.82, 2.24) is 15.1 Å². The van der Waals surface area contributed by atoms with Crippen molar-refractivity contribution < 1.29 is 23.8 Å². The number of rotatable bonds is 10. The van der Waals surface area contributed by atoms with Crippen LogP contribution in [0.2, 0.25) is 0 Å². The third-order valence-corrected chi connectivity index (χ3v) is 6.17. The van der Waals surface area contributed by atoms with Gasteiger partial charge in [-0.3, -0.25) is 9.48 Å². The fourth-order valence-corrected chi connectivity index (χ4v) is 3.94. The van der Waals surface area contributed by atoms with Gasteiger partial charge in [0.15, 0.2) is 22.8 Å². The standard InChI is InChI=1S/C30H39N3O5/c1-9-33-24(21-12-14-22(15-13-21)29(3,4)5)18-23(32-33)27(34)31-19-20-11-16-25(26(17-20)36-8)38-30(6,7)28(35)37-10-2/h11-18H,9-10,19H2,1-8H3,(H,31,34). The number of nitrogens with one attached hydrogen (secondary N) is 1. The molecular weight excluding hydrogens is 482 g/mol. The van der Waals surface area contributed by atoms with Gasteiger partial charge in [0, 0.05) is 13.1 Å². The number of hydrogen-bond acceptors (Lipinski definition) is 6. The molecule has 0 aliphatic heterocycles. The topological polar surface area (TPSA) is 91.7 Å². The van der Waals surface area contributed by atoms with E-state index in [9.17, 15) is 9.59 Å². The number of aromatic nitrogens is 2. The lowest BCUT2D eigenvalue weighted by Gasteiger charge is -2.25. The Balaban J connectivity index is 1.72. The number of aryl methyl sites for hydroxylation is 1.